The molecule has 8 nitrogen and oxygen atoms in total. The average molecular weight is 443 g/mol. The van der Waals surface area contributed by atoms with Gasteiger partial charge in [0.2, 0.25) is 0 Å². The van der Waals surface area contributed by atoms with Gasteiger partial charge < -0.3 is 14.8 Å². The average Bonchev–Trinajstić information content (AvgIpc) is 3.35. The lowest BCUT2D eigenvalue weighted by molar-refractivity contribution is -0.119. The Labute approximate surface area is 183 Å². The molecule has 0 unspecified atom stereocenters. The minimum absolute atomic E-state index is 0.0782. The maximum atomic E-state index is 12.7. The van der Waals surface area contributed by atoms with Crippen LogP contribution in [-0.4, -0.2) is 54.5 Å². The van der Waals surface area contributed by atoms with Crippen molar-refractivity contribution in [3.63, 3.8) is 0 Å². The van der Waals surface area contributed by atoms with Crippen molar-refractivity contribution in [3.05, 3.63) is 64.2 Å². The number of esters is 1. The van der Waals surface area contributed by atoms with Crippen molar-refractivity contribution < 1.29 is 28.7 Å². The first-order chi connectivity index (χ1) is 14.9. The van der Waals surface area contributed by atoms with Crippen molar-refractivity contribution in [1.82, 2.24) is 4.90 Å². The molecule has 0 spiro atoms. The molecule has 160 valence electrons. The van der Waals surface area contributed by atoms with Crippen LogP contribution in [0.5, 0.6) is 0 Å². The molecule has 0 radical (unpaired) electrons. The molecule has 2 aromatic rings. The van der Waals surface area contributed by atoms with E-state index in [1.807, 2.05) is 0 Å². The van der Waals surface area contributed by atoms with Crippen molar-refractivity contribution >= 4 is 41.0 Å². The number of ether oxygens (including phenoxy) is 2. The van der Waals surface area contributed by atoms with E-state index in [9.17, 15) is 19.2 Å². The number of imide groups is 1. The minimum Gasteiger partial charge on any atom is -0.452 e. The van der Waals surface area contributed by atoms with Gasteiger partial charge in [-0.2, -0.15) is 0 Å². The predicted octanol–water partition coefficient (Wildman–Crippen LogP) is 2.91. The van der Waals surface area contributed by atoms with Gasteiger partial charge in [0.25, 0.3) is 17.7 Å². The molecule has 2 aromatic carbocycles. The second-order valence-corrected chi connectivity index (χ2v) is 7.69. The van der Waals surface area contributed by atoms with E-state index >= 15 is 0 Å². The summed E-state index contributed by atoms with van der Waals surface area (Å²) < 4.78 is 10.5. The number of hydrogen-bond acceptors (Lipinski definition) is 6. The molecule has 1 atom stereocenters. The first-order valence-electron chi connectivity index (χ1n) is 9.77. The summed E-state index contributed by atoms with van der Waals surface area (Å²) in [7, 11) is 0. The van der Waals surface area contributed by atoms with Gasteiger partial charge in [0.15, 0.2) is 6.61 Å². The Bertz CT molecular complexity index is 1060. The van der Waals surface area contributed by atoms with Gasteiger partial charge >= 0.3 is 5.97 Å². The van der Waals surface area contributed by atoms with Crippen LogP contribution in [0.25, 0.3) is 0 Å². The van der Waals surface area contributed by atoms with Crippen LogP contribution in [0, 0.1) is 0 Å². The summed E-state index contributed by atoms with van der Waals surface area (Å²) in [6, 6.07) is 10.7. The topological polar surface area (TPSA) is 102 Å². The van der Waals surface area contributed by atoms with Gasteiger partial charge in [-0.1, -0.05) is 17.7 Å². The van der Waals surface area contributed by atoms with Crippen LogP contribution in [0.1, 0.15) is 43.9 Å². The smallest absolute Gasteiger partial charge is 0.338 e. The molecule has 31 heavy (non-hydrogen) atoms. The van der Waals surface area contributed by atoms with Crippen molar-refractivity contribution in [1.29, 1.82) is 0 Å². The van der Waals surface area contributed by atoms with Crippen molar-refractivity contribution in [2.75, 3.05) is 25.1 Å². The van der Waals surface area contributed by atoms with Gasteiger partial charge in [-0.05, 0) is 49.2 Å². The second kappa shape index (κ2) is 8.87. The molecular weight excluding hydrogens is 424 g/mol. The van der Waals surface area contributed by atoms with Gasteiger partial charge in [0.1, 0.15) is 0 Å². The number of rotatable bonds is 6. The highest BCUT2D eigenvalue weighted by Gasteiger charge is 2.38. The second-order valence-electron chi connectivity index (χ2n) is 7.25. The Hall–Kier alpha value is -3.23. The van der Waals surface area contributed by atoms with Crippen LogP contribution in [0.3, 0.4) is 0 Å². The van der Waals surface area contributed by atoms with E-state index < -0.39 is 30.3 Å². The summed E-state index contributed by atoms with van der Waals surface area (Å²) in [5.41, 5.74) is 0.926. The standard InChI is InChI=1S/C22H19ClN2O6/c23-14-3-1-4-15(10-14)24-19(26)12-31-22(29)13-6-7-17-18(9-13)21(28)25(20(17)27)11-16-5-2-8-30-16/h1,3-4,6-7,9-10,16H,2,5,8,11-12H2,(H,24,26)/t16-/m1/s1. The van der Waals surface area contributed by atoms with Crippen molar-refractivity contribution in [2.45, 2.75) is 18.9 Å². The molecule has 2 aliphatic rings. The minimum atomic E-state index is -0.776. The lowest BCUT2D eigenvalue weighted by Crippen LogP contribution is -2.36. The van der Waals surface area contributed by atoms with Crippen LogP contribution in [0.4, 0.5) is 5.69 Å². The fraction of sp³-hybridized carbons (Fsp3) is 0.273. The summed E-state index contributed by atoms with van der Waals surface area (Å²) in [5.74, 6) is -2.19. The Balaban J connectivity index is 1.38. The van der Waals surface area contributed by atoms with Gasteiger partial charge in [0.05, 0.1) is 29.3 Å². The molecule has 3 amide bonds. The third-order valence-corrected chi connectivity index (χ3v) is 5.29. The third-order valence-electron chi connectivity index (χ3n) is 5.06. The van der Waals surface area contributed by atoms with Crippen molar-refractivity contribution in [2.24, 2.45) is 0 Å². The first kappa shape index (κ1) is 21.0. The Kier molecular flexibility index (Phi) is 6.01. The van der Waals surface area contributed by atoms with E-state index in [1.54, 1.807) is 24.3 Å². The summed E-state index contributed by atoms with van der Waals surface area (Å²) >= 11 is 5.86. The molecule has 1 fully saturated rings. The number of halogens is 1. The monoisotopic (exact) mass is 442 g/mol. The zero-order chi connectivity index (χ0) is 22.0. The molecule has 9 heteroatoms. The lowest BCUT2D eigenvalue weighted by Gasteiger charge is -2.17. The van der Waals surface area contributed by atoms with Gasteiger partial charge in [0, 0.05) is 17.3 Å². The first-order valence-corrected chi connectivity index (χ1v) is 10.1. The zero-order valence-corrected chi connectivity index (χ0v) is 17.2. The summed E-state index contributed by atoms with van der Waals surface area (Å²) in [5, 5.41) is 3.03. The lowest BCUT2D eigenvalue weighted by atomic mass is 10.1. The normalized spacial score (nSPS) is 17.6. The maximum Gasteiger partial charge on any atom is 0.338 e. The molecule has 0 bridgehead atoms. The van der Waals surface area contributed by atoms with Crippen LogP contribution in [0.15, 0.2) is 42.5 Å². The quantitative estimate of drug-likeness (QED) is 0.545. The highest BCUT2D eigenvalue weighted by molar-refractivity contribution is 6.30. The Morgan fingerprint density at radius 1 is 1.13 bits per heavy atom. The van der Waals surface area contributed by atoms with Gasteiger partial charge in [-0.15, -0.1) is 0 Å². The Morgan fingerprint density at radius 2 is 1.94 bits per heavy atom. The van der Waals surface area contributed by atoms with Crippen LogP contribution >= 0.6 is 11.6 Å². The molecule has 1 saturated heterocycles. The number of anilines is 1. The predicted molar refractivity (Wildman–Crippen MR) is 111 cm³/mol. The molecular formula is C22H19ClN2O6. The largest absolute Gasteiger partial charge is 0.452 e. The fourth-order valence-corrected chi connectivity index (χ4v) is 3.74. The Morgan fingerprint density at radius 3 is 2.68 bits per heavy atom. The number of amides is 3. The van der Waals surface area contributed by atoms with Gasteiger partial charge in [-0.3, -0.25) is 19.3 Å². The molecule has 1 N–H and O–H groups in total. The highest BCUT2D eigenvalue weighted by atomic mass is 35.5. The molecule has 2 heterocycles. The van der Waals surface area contributed by atoms with Gasteiger partial charge in [-0.25, -0.2) is 4.79 Å². The maximum absolute atomic E-state index is 12.7. The number of nitrogens with one attached hydrogen (secondary N) is 1. The highest BCUT2D eigenvalue weighted by Crippen LogP contribution is 2.26. The molecule has 4 rings (SSSR count). The zero-order valence-electron chi connectivity index (χ0n) is 16.4. The number of benzene rings is 2. The summed E-state index contributed by atoms with van der Waals surface area (Å²) in [4.78, 5) is 50.7. The third kappa shape index (κ3) is 4.60. The number of carbonyl (C=O) groups is 4. The number of carbonyl (C=O) groups excluding carboxylic acids is 4. The molecule has 0 aromatic heterocycles. The number of hydrogen-bond donors (Lipinski definition) is 1. The van der Waals surface area contributed by atoms with E-state index in [-0.39, 0.29) is 29.3 Å². The summed E-state index contributed by atoms with van der Waals surface area (Å²) in [6.07, 6.45) is 1.53. The number of nitrogens with zero attached hydrogens (tertiary/aromatic N) is 1. The fourth-order valence-electron chi connectivity index (χ4n) is 3.55. The van der Waals surface area contributed by atoms with Crippen molar-refractivity contribution in [3.8, 4) is 0 Å². The molecule has 2 aliphatic heterocycles. The van der Waals surface area contributed by atoms with Crippen LogP contribution < -0.4 is 5.32 Å². The van der Waals surface area contributed by atoms with Crippen LogP contribution in [0.2, 0.25) is 5.02 Å². The van der Waals surface area contributed by atoms with E-state index in [4.69, 9.17) is 21.1 Å². The number of fused-ring (bicyclic) bond motifs is 1. The van der Waals surface area contributed by atoms with Crippen LogP contribution in [-0.2, 0) is 14.3 Å². The van der Waals surface area contributed by atoms with E-state index in [0.717, 1.165) is 17.7 Å². The molecule has 0 aliphatic carbocycles. The SMILES string of the molecule is O=C(COC(=O)c1ccc2c(c1)C(=O)N(C[C@H]1CCCO1)C2=O)Nc1cccc(Cl)c1. The summed E-state index contributed by atoms with van der Waals surface area (Å²) in [6.45, 7) is 0.297. The molecule has 0 saturated carbocycles. The van der Waals surface area contributed by atoms with E-state index in [1.165, 1.54) is 18.2 Å². The van der Waals surface area contributed by atoms with E-state index in [2.05, 4.69) is 5.32 Å². The van der Waals surface area contributed by atoms with E-state index in [0.29, 0.717) is 17.3 Å².